The summed E-state index contributed by atoms with van der Waals surface area (Å²) in [4.78, 5) is 29.1. The van der Waals surface area contributed by atoms with Crippen molar-refractivity contribution in [3.05, 3.63) is 53.5 Å². The number of rotatable bonds is 5. The number of carbonyl (C=O) groups excluding carboxylic acids is 2. The van der Waals surface area contributed by atoms with Gasteiger partial charge in [0.25, 0.3) is 0 Å². The summed E-state index contributed by atoms with van der Waals surface area (Å²) in [7, 11) is 0. The fourth-order valence-electron chi connectivity index (χ4n) is 2.42. The molecule has 134 valence electrons. The number of hydrogen-bond donors (Lipinski definition) is 0. The Kier molecular flexibility index (Phi) is 5.48. The predicted octanol–water partition coefficient (Wildman–Crippen LogP) is 4.38. The van der Waals surface area contributed by atoms with Crippen LogP contribution in [0.3, 0.4) is 0 Å². The molecule has 6 nitrogen and oxygen atoms in total. The van der Waals surface area contributed by atoms with Crippen LogP contribution in [0.25, 0.3) is 10.2 Å². The first kappa shape index (κ1) is 17.9. The van der Waals surface area contributed by atoms with Gasteiger partial charge in [0.2, 0.25) is 5.91 Å². The number of aromatic nitrogens is 1. The predicted molar refractivity (Wildman–Crippen MR) is 101 cm³/mol. The van der Waals surface area contributed by atoms with Gasteiger partial charge in [-0.3, -0.25) is 4.79 Å². The molecule has 0 aliphatic heterocycles. The molecule has 1 aromatic heterocycles. The fourth-order valence-corrected chi connectivity index (χ4v) is 3.30. The second-order valence-corrected chi connectivity index (χ2v) is 6.53. The standard InChI is InChI=1S/C19H18N2O4S/c1-3-24-19(23)21(13(2)22)14-8-10-15(11-9-14)25-12-18-20-16-6-4-5-7-17(16)26-18/h4-11H,3,12H2,1-2H3. The van der Waals surface area contributed by atoms with E-state index in [0.29, 0.717) is 18.0 Å². The molecule has 0 aliphatic rings. The molecule has 3 aromatic rings. The molecule has 26 heavy (non-hydrogen) atoms. The highest BCUT2D eigenvalue weighted by molar-refractivity contribution is 7.18. The van der Waals surface area contributed by atoms with Crippen LogP contribution in [0.1, 0.15) is 18.9 Å². The Morgan fingerprint density at radius 3 is 2.50 bits per heavy atom. The van der Waals surface area contributed by atoms with Crippen LogP contribution in [0.4, 0.5) is 10.5 Å². The first-order chi connectivity index (χ1) is 12.6. The van der Waals surface area contributed by atoms with Crippen molar-refractivity contribution in [2.45, 2.75) is 20.5 Å². The summed E-state index contributed by atoms with van der Waals surface area (Å²) >= 11 is 1.59. The molecule has 0 saturated heterocycles. The van der Waals surface area contributed by atoms with E-state index in [4.69, 9.17) is 9.47 Å². The Balaban J connectivity index is 1.68. The number of para-hydroxylation sites is 1. The normalized spacial score (nSPS) is 10.5. The number of thiazole rings is 1. The molecule has 1 heterocycles. The number of hydrogen-bond acceptors (Lipinski definition) is 6. The maximum absolute atomic E-state index is 11.9. The molecular weight excluding hydrogens is 352 g/mol. The summed E-state index contributed by atoms with van der Waals surface area (Å²) < 4.78 is 11.8. The van der Waals surface area contributed by atoms with Gasteiger partial charge in [-0.05, 0) is 43.3 Å². The highest BCUT2D eigenvalue weighted by Crippen LogP contribution is 2.24. The Morgan fingerprint density at radius 2 is 1.85 bits per heavy atom. The fraction of sp³-hybridized carbons (Fsp3) is 0.211. The van der Waals surface area contributed by atoms with Gasteiger partial charge in [0, 0.05) is 6.92 Å². The third kappa shape index (κ3) is 4.00. The zero-order valence-electron chi connectivity index (χ0n) is 14.5. The molecule has 3 rings (SSSR count). The van der Waals surface area contributed by atoms with Crippen molar-refractivity contribution in [1.29, 1.82) is 0 Å². The Bertz CT molecular complexity index is 888. The van der Waals surface area contributed by atoms with E-state index >= 15 is 0 Å². The van der Waals surface area contributed by atoms with E-state index in [1.807, 2.05) is 24.3 Å². The molecule has 7 heteroatoms. The third-order valence-corrected chi connectivity index (χ3v) is 4.57. The van der Waals surface area contributed by atoms with E-state index in [1.54, 1.807) is 42.5 Å². The van der Waals surface area contributed by atoms with Crippen LogP contribution in [-0.4, -0.2) is 23.6 Å². The van der Waals surface area contributed by atoms with Crippen molar-refractivity contribution in [3.8, 4) is 5.75 Å². The minimum atomic E-state index is -0.692. The highest BCUT2D eigenvalue weighted by Gasteiger charge is 2.21. The summed E-state index contributed by atoms with van der Waals surface area (Å²) in [6.45, 7) is 3.56. The lowest BCUT2D eigenvalue weighted by molar-refractivity contribution is -0.116. The number of nitrogens with zero attached hydrogens (tertiary/aromatic N) is 2. The number of ether oxygens (including phenoxy) is 2. The SMILES string of the molecule is CCOC(=O)N(C(C)=O)c1ccc(OCc2nc3ccccc3s2)cc1. The maximum Gasteiger partial charge on any atom is 0.421 e. The average molecular weight is 370 g/mol. The zero-order valence-corrected chi connectivity index (χ0v) is 15.3. The van der Waals surface area contributed by atoms with Gasteiger partial charge in [0.1, 0.15) is 17.4 Å². The lowest BCUT2D eigenvalue weighted by Gasteiger charge is -2.18. The largest absolute Gasteiger partial charge is 0.486 e. The van der Waals surface area contributed by atoms with Gasteiger partial charge in [-0.1, -0.05) is 12.1 Å². The van der Waals surface area contributed by atoms with E-state index in [9.17, 15) is 9.59 Å². The van der Waals surface area contributed by atoms with Gasteiger partial charge in [0.15, 0.2) is 0 Å². The van der Waals surface area contributed by atoms with Crippen LogP contribution in [0.2, 0.25) is 0 Å². The van der Waals surface area contributed by atoms with Crippen LogP contribution in [0.5, 0.6) is 5.75 Å². The van der Waals surface area contributed by atoms with Gasteiger partial charge in [-0.25, -0.2) is 14.7 Å². The molecule has 0 atom stereocenters. The quantitative estimate of drug-likeness (QED) is 0.666. The van der Waals surface area contributed by atoms with Gasteiger partial charge >= 0.3 is 6.09 Å². The van der Waals surface area contributed by atoms with Crippen LogP contribution in [-0.2, 0) is 16.1 Å². The van der Waals surface area contributed by atoms with E-state index in [1.165, 1.54) is 6.92 Å². The lowest BCUT2D eigenvalue weighted by atomic mass is 10.3. The molecule has 0 fully saturated rings. The monoisotopic (exact) mass is 370 g/mol. The Hall–Kier alpha value is -2.93. The first-order valence-corrected chi connectivity index (χ1v) is 8.95. The Morgan fingerprint density at radius 1 is 1.12 bits per heavy atom. The molecule has 0 saturated carbocycles. The zero-order chi connectivity index (χ0) is 18.5. The second-order valence-electron chi connectivity index (χ2n) is 5.41. The molecule has 0 bridgehead atoms. The Labute approximate surface area is 155 Å². The van der Waals surface area contributed by atoms with Crippen LogP contribution >= 0.6 is 11.3 Å². The van der Waals surface area contributed by atoms with Gasteiger partial charge in [-0.15, -0.1) is 11.3 Å². The van der Waals surface area contributed by atoms with Gasteiger partial charge in [-0.2, -0.15) is 0 Å². The number of carbonyl (C=O) groups is 2. The second kappa shape index (κ2) is 7.97. The molecule has 2 aromatic carbocycles. The van der Waals surface area contributed by atoms with E-state index < -0.39 is 12.0 Å². The van der Waals surface area contributed by atoms with Crippen molar-refractivity contribution in [2.24, 2.45) is 0 Å². The van der Waals surface area contributed by atoms with Crippen molar-refractivity contribution >= 4 is 39.2 Å². The van der Waals surface area contributed by atoms with Gasteiger partial charge < -0.3 is 9.47 Å². The summed E-state index contributed by atoms with van der Waals surface area (Å²) in [5.74, 6) is 0.215. The van der Waals surface area contributed by atoms with E-state index in [2.05, 4.69) is 4.98 Å². The minimum Gasteiger partial charge on any atom is -0.486 e. The number of imide groups is 1. The molecule has 0 aliphatic carbocycles. The van der Waals surface area contributed by atoms with Crippen LogP contribution < -0.4 is 9.64 Å². The molecule has 2 amide bonds. The number of fused-ring (bicyclic) bond motifs is 1. The van der Waals surface area contributed by atoms with E-state index in [0.717, 1.165) is 20.1 Å². The smallest absolute Gasteiger partial charge is 0.421 e. The maximum atomic E-state index is 11.9. The van der Waals surface area contributed by atoms with Gasteiger partial charge in [0.05, 0.1) is 22.5 Å². The molecule has 0 spiro atoms. The summed E-state index contributed by atoms with van der Waals surface area (Å²) in [5, 5.41) is 0.882. The molecule has 0 N–H and O–H groups in total. The number of benzene rings is 2. The number of anilines is 1. The van der Waals surface area contributed by atoms with Crippen molar-refractivity contribution in [3.63, 3.8) is 0 Å². The van der Waals surface area contributed by atoms with Crippen molar-refractivity contribution < 1.29 is 19.1 Å². The van der Waals surface area contributed by atoms with Crippen LogP contribution in [0, 0.1) is 0 Å². The molecule has 0 unspecified atom stereocenters. The van der Waals surface area contributed by atoms with Crippen molar-refractivity contribution in [2.75, 3.05) is 11.5 Å². The van der Waals surface area contributed by atoms with Crippen LogP contribution in [0.15, 0.2) is 48.5 Å². The van der Waals surface area contributed by atoms with E-state index in [-0.39, 0.29) is 6.61 Å². The third-order valence-electron chi connectivity index (χ3n) is 3.56. The topological polar surface area (TPSA) is 68.7 Å². The summed E-state index contributed by atoms with van der Waals surface area (Å²) in [6, 6.07) is 14.6. The highest BCUT2D eigenvalue weighted by atomic mass is 32.1. The first-order valence-electron chi connectivity index (χ1n) is 8.13. The number of amides is 2. The molecule has 0 radical (unpaired) electrons. The van der Waals surface area contributed by atoms with Crippen molar-refractivity contribution in [1.82, 2.24) is 4.98 Å². The lowest BCUT2D eigenvalue weighted by Crippen LogP contribution is -2.35. The summed E-state index contributed by atoms with van der Waals surface area (Å²) in [5.41, 5.74) is 1.39. The minimum absolute atomic E-state index is 0.200. The molecular formula is C19H18N2O4S. The average Bonchev–Trinajstić information content (AvgIpc) is 3.04. The summed E-state index contributed by atoms with van der Waals surface area (Å²) in [6.07, 6.45) is -0.692.